The smallest absolute Gasteiger partial charge is 0.410 e. The number of nitrogens with zero attached hydrogens (tertiary/aromatic N) is 10. The molecule has 6 aliphatic rings. The number of fused-ring (bicyclic) bond motifs is 2. The SMILES string of the molecule is CC(C)(C)OC(=O)N(CCCOc1ccc(Nc2nc(NC3CCCCC3)c3ncn(C4CCCCO4)c3n2)cc1)CC(=O)NOC1CCCCO1.CC(C)(C)OC(=O)N(CCCOc1ccc(Nc2nc(NC3CCCCC3)c3ncn(C4CCCCO4)c3n2)cc1)CC(=O)O.NOC1CCCCO1. The number of carboxylic acid groups (broad SMARTS) is 1. The van der Waals surface area contributed by atoms with E-state index in [-0.39, 0.29) is 38.4 Å². The molecule has 31 nitrogen and oxygen atoms in total. The highest BCUT2D eigenvalue weighted by Crippen LogP contribution is 2.34. The van der Waals surface area contributed by atoms with Crippen LogP contribution in [0.2, 0.25) is 0 Å². The summed E-state index contributed by atoms with van der Waals surface area (Å²) in [7, 11) is 0. The van der Waals surface area contributed by atoms with Gasteiger partial charge in [-0.15, -0.1) is 0 Å². The molecule has 576 valence electrons. The normalized spacial score (nSPS) is 19.7. The van der Waals surface area contributed by atoms with Gasteiger partial charge in [0.2, 0.25) is 11.9 Å². The molecule has 4 unspecified atom stereocenters. The van der Waals surface area contributed by atoms with E-state index in [9.17, 15) is 24.3 Å². The first-order chi connectivity index (χ1) is 50.8. The van der Waals surface area contributed by atoms with E-state index in [1.165, 1.54) is 54.7 Å². The minimum absolute atomic E-state index is 0.0918. The van der Waals surface area contributed by atoms with Crippen LogP contribution in [-0.4, -0.2) is 180 Å². The van der Waals surface area contributed by atoms with E-state index < -0.39 is 48.1 Å². The fourth-order valence-corrected chi connectivity index (χ4v) is 13.0. The van der Waals surface area contributed by atoms with E-state index in [0.717, 1.165) is 155 Å². The molecule has 105 heavy (non-hydrogen) atoms. The van der Waals surface area contributed by atoms with Gasteiger partial charge in [-0.2, -0.15) is 19.9 Å². The van der Waals surface area contributed by atoms with Crippen molar-refractivity contribution in [1.82, 2.24) is 54.3 Å². The van der Waals surface area contributed by atoms with E-state index in [1.54, 1.807) is 41.5 Å². The lowest BCUT2D eigenvalue weighted by atomic mass is 9.95. The lowest BCUT2D eigenvalue weighted by Crippen LogP contribution is -2.45. The van der Waals surface area contributed by atoms with Crippen molar-refractivity contribution in [1.29, 1.82) is 0 Å². The van der Waals surface area contributed by atoms with Gasteiger partial charge in [0.05, 0.1) is 25.9 Å². The molecular formula is C74H110N16O15. The van der Waals surface area contributed by atoms with Gasteiger partial charge in [0.15, 0.2) is 46.5 Å². The minimum atomic E-state index is -1.10. The van der Waals surface area contributed by atoms with Gasteiger partial charge in [0.25, 0.3) is 5.91 Å². The van der Waals surface area contributed by atoms with Gasteiger partial charge in [-0.3, -0.25) is 33.4 Å². The van der Waals surface area contributed by atoms with Crippen molar-refractivity contribution in [3.8, 4) is 11.5 Å². The van der Waals surface area contributed by atoms with Crippen molar-refractivity contribution in [2.45, 2.75) is 244 Å². The molecule has 2 aromatic carbocycles. The van der Waals surface area contributed by atoms with Crippen LogP contribution in [0.1, 0.15) is 208 Å². The lowest BCUT2D eigenvalue weighted by molar-refractivity contribution is -0.200. The fourth-order valence-electron chi connectivity index (χ4n) is 13.0. The summed E-state index contributed by atoms with van der Waals surface area (Å²) in [6.07, 6.45) is 26.4. The first-order valence-corrected chi connectivity index (χ1v) is 37.7. The van der Waals surface area contributed by atoms with Crippen molar-refractivity contribution < 1.29 is 71.9 Å². The number of hydrogen-bond donors (Lipinski definition) is 7. The van der Waals surface area contributed by atoms with Crippen LogP contribution in [0.25, 0.3) is 22.3 Å². The maximum Gasteiger partial charge on any atom is 0.410 e. The number of aliphatic carboxylic acids is 1. The number of anilines is 6. The minimum Gasteiger partial charge on any atom is -0.494 e. The Morgan fingerprint density at radius 1 is 0.524 bits per heavy atom. The average Bonchev–Trinajstić information content (AvgIpc) is 1.66. The van der Waals surface area contributed by atoms with Gasteiger partial charge < -0.3 is 64.3 Å². The summed E-state index contributed by atoms with van der Waals surface area (Å²) in [5, 5.41) is 23.2. The lowest BCUT2D eigenvalue weighted by Gasteiger charge is -2.27. The van der Waals surface area contributed by atoms with E-state index >= 15 is 0 Å². The molecule has 8 N–H and O–H groups in total. The molecule has 4 atom stereocenters. The summed E-state index contributed by atoms with van der Waals surface area (Å²) in [5.74, 6) is 7.02. The van der Waals surface area contributed by atoms with Gasteiger partial charge >= 0.3 is 18.2 Å². The fraction of sp³-hybridized carbons (Fsp3) is 0.649. The van der Waals surface area contributed by atoms with Crippen LogP contribution in [-0.2, 0) is 47.7 Å². The van der Waals surface area contributed by atoms with Crippen LogP contribution in [0.3, 0.4) is 0 Å². The molecule has 2 saturated carbocycles. The Labute approximate surface area is 614 Å². The predicted molar refractivity (Wildman–Crippen MR) is 394 cm³/mol. The molecule has 0 spiro atoms. The zero-order valence-corrected chi connectivity index (χ0v) is 62.0. The first kappa shape index (κ1) is 79.1. The molecule has 2 aliphatic carbocycles. The van der Waals surface area contributed by atoms with Crippen molar-refractivity contribution in [3.63, 3.8) is 0 Å². The Hall–Kier alpha value is -8.46. The quantitative estimate of drug-likeness (QED) is 0.0186. The van der Waals surface area contributed by atoms with Gasteiger partial charge in [0, 0.05) is 75.8 Å². The van der Waals surface area contributed by atoms with E-state index in [4.69, 9.17) is 78.5 Å². The third kappa shape index (κ3) is 25.6. The molecule has 8 heterocycles. The molecule has 4 saturated heterocycles. The number of ether oxygens (including phenoxy) is 8. The zero-order chi connectivity index (χ0) is 74.0. The van der Waals surface area contributed by atoms with E-state index in [2.05, 4.69) is 31.6 Å². The highest BCUT2D eigenvalue weighted by molar-refractivity contribution is 5.86. The van der Waals surface area contributed by atoms with Crippen LogP contribution in [0.15, 0.2) is 61.2 Å². The number of hydroxylamine groups is 1. The monoisotopic (exact) mass is 1460 g/mol. The number of aromatic nitrogens is 8. The molecular weight excluding hydrogens is 1350 g/mol. The number of benzene rings is 2. The van der Waals surface area contributed by atoms with Crippen LogP contribution in [0.4, 0.5) is 44.5 Å². The molecule has 12 rings (SSSR count). The number of imidazole rings is 2. The van der Waals surface area contributed by atoms with Gasteiger partial charge in [0.1, 0.15) is 48.2 Å². The second-order valence-electron chi connectivity index (χ2n) is 29.3. The number of amides is 3. The van der Waals surface area contributed by atoms with Crippen molar-refractivity contribution in [2.75, 3.05) is 87.1 Å². The molecule has 4 aromatic heterocycles. The van der Waals surface area contributed by atoms with Gasteiger partial charge in [-0.1, -0.05) is 38.5 Å². The second-order valence-corrected chi connectivity index (χ2v) is 29.3. The van der Waals surface area contributed by atoms with Gasteiger partial charge in [-0.05, 0) is 193 Å². The molecule has 6 aromatic rings. The van der Waals surface area contributed by atoms with Gasteiger partial charge in [-0.25, -0.2) is 35.8 Å². The number of nitrogens with two attached hydrogens (primary N) is 1. The van der Waals surface area contributed by atoms with E-state index in [1.807, 2.05) is 70.3 Å². The summed E-state index contributed by atoms with van der Waals surface area (Å²) >= 11 is 0. The molecule has 3 amide bonds. The summed E-state index contributed by atoms with van der Waals surface area (Å²) in [6, 6.07) is 15.7. The zero-order valence-electron chi connectivity index (χ0n) is 62.0. The Balaban J connectivity index is 0.000000205. The highest BCUT2D eigenvalue weighted by Gasteiger charge is 2.29. The largest absolute Gasteiger partial charge is 0.494 e. The maximum atomic E-state index is 12.9. The Kier molecular flexibility index (Phi) is 30.0. The maximum absolute atomic E-state index is 12.9. The summed E-state index contributed by atoms with van der Waals surface area (Å²) in [4.78, 5) is 90.4. The Bertz CT molecular complexity index is 3650. The second kappa shape index (κ2) is 39.8. The van der Waals surface area contributed by atoms with Crippen molar-refractivity contribution in [3.05, 3.63) is 61.2 Å². The van der Waals surface area contributed by atoms with E-state index in [0.29, 0.717) is 74.6 Å². The Morgan fingerprint density at radius 3 is 1.31 bits per heavy atom. The van der Waals surface area contributed by atoms with Crippen LogP contribution < -0.4 is 42.1 Å². The molecule has 6 fully saturated rings. The molecule has 0 radical (unpaired) electrons. The standard InChI is InChI=1S/C37H54N8O7.C32H45N7O6.C5H11NO2/c1-37(2,3)51-36(47)44(24-29(46)43-52-31-15-8-10-22-50-31)20-11-23-48-28-18-16-27(17-19-28)40-35-41-33(39-26-12-5-4-6-13-26)32-34(42-35)45(25-38-32)30-14-7-9-21-49-30;1-32(2,3)45-31(42)38(20-26(40)41)17-9-19-43-24-15-13-23(14-16-24)35-30-36-28(34-22-10-5-4-6-11-22)27-29(37-30)39(21-33-27)25-12-7-8-18-44-25;6-8-5-3-1-2-4-7-5/h16-19,25-26,30-31H,4-15,20-24H2,1-3H3,(H,43,46)(H2,39,40,41,42);13-16,21-22,25H,4-12,17-20H2,1-3H3,(H,40,41)(H2,34,35,36,37);5H,1-4,6H2. The van der Waals surface area contributed by atoms with Crippen LogP contribution >= 0.6 is 0 Å². The van der Waals surface area contributed by atoms with Crippen LogP contribution in [0.5, 0.6) is 11.5 Å². The number of carboxylic acids is 1. The third-order valence-corrected chi connectivity index (χ3v) is 18.3. The number of carbonyl (C=O) groups is 4. The number of hydrogen-bond acceptors (Lipinski definition) is 25. The third-order valence-electron chi connectivity index (χ3n) is 18.3. The first-order valence-electron chi connectivity index (χ1n) is 37.7. The summed E-state index contributed by atoms with van der Waals surface area (Å²) in [6.45, 7) is 13.8. The van der Waals surface area contributed by atoms with Crippen molar-refractivity contribution in [2.24, 2.45) is 5.90 Å². The summed E-state index contributed by atoms with van der Waals surface area (Å²) in [5.41, 5.74) is 5.57. The number of rotatable bonds is 27. The molecule has 31 heteroatoms. The molecule has 0 bridgehead atoms. The average molecular weight is 1460 g/mol. The number of carbonyl (C=O) groups excluding carboxylic acids is 3. The topological polar surface area (TPSA) is 361 Å². The predicted octanol–water partition coefficient (Wildman–Crippen LogP) is 13.1. The van der Waals surface area contributed by atoms with Crippen LogP contribution in [0, 0.1) is 0 Å². The molecule has 4 aliphatic heterocycles. The highest BCUT2D eigenvalue weighted by atomic mass is 16.8. The Morgan fingerprint density at radius 2 is 0.933 bits per heavy atom. The summed E-state index contributed by atoms with van der Waals surface area (Å²) < 4.78 is 49.5. The van der Waals surface area contributed by atoms with Crippen molar-refractivity contribution >= 4 is 81.3 Å². The number of nitrogens with one attached hydrogen (secondary N) is 5.